The number of benzene rings is 6. The van der Waals surface area contributed by atoms with Crippen molar-refractivity contribution in [1.29, 1.82) is 0 Å². The molecule has 0 saturated heterocycles. The zero-order chi connectivity index (χ0) is 21.9. The Labute approximate surface area is 193 Å². The second kappa shape index (κ2) is 6.92. The molecule has 0 heterocycles. The minimum atomic E-state index is 1.34. The van der Waals surface area contributed by atoms with E-state index in [1.165, 1.54) is 71.6 Å². The molecule has 0 heteroatoms. The molecule has 2 aliphatic carbocycles. The summed E-state index contributed by atoms with van der Waals surface area (Å²) >= 11 is 0. The summed E-state index contributed by atoms with van der Waals surface area (Å²) in [5, 5.41) is 5.51. The fraction of sp³-hybridized carbons (Fsp3) is 0.0303. The maximum atomic E-state index is 2.24. The van der Waals surface area contributed by atoms with Crippen LogP contribution >= 0.6 is 0 Å². The van der Waals surface area contributed by atoms with Gasteiger partial charge < -0.3 is 0 Å². The molecule has 0 amide bonds. The molecule has 33 heavy (non-hydrogen) atoms. The zero-order valence-corrected chi connectivity index (χ0v) is 18.5. The van der Waals surface area contributed by atoms with Crippen LogP contribution in [0.2, 0.25) is 0 Å². The van der Waals surface area contributed by atoms with E-state index in [-0.39, 0.29) is 0 Å². The summed E-state index contributed by atoms with van der Waals surface area (Å²) in [5.41, 5.74) is 12.4. The van der Waals surface area contributed by atoms with E-state index in [9.17, 15) is 0 Å². The second-order valence-electron chi connectivity index (χ2n) is 8.96. The van der Waals surface area contributed by atoms with Gasteiger partial charge in [-0.3, -0.25) is 0 Å². The van der Waals surface area contributed by atoms with E-state index in [0.717, 1.165) is 0 Å². The standard InChI is InChI=1S/C17H12.C16H10/c1-11-5-2-8-13-14-9-3-6-12-7-4-10-15(16(11)13)17(12)14;1-2-8-13-12(7-1)14-9-3-5-11-6-4-10-15(13)16(11)14/h2-10H,1H3;1-10H. The first-order valence-electron chi connectivity index (χ1n) is 11.5. The van der Waals surface area contributed by atoms with Crippen LogP contribution in [-0.4, -0.2) is 0 Å². The number of rotatable bonds is 0. The summed E-state index contributed by atoms with van der Waals surface area (Å²) in [7, 11) is 0. The molecule has 0 bridgehead atoms. The van der Waals surface area contributed by atoms with Crippen LogP contribution in [0.3, 0.4) is 0 Å². The molecule has 0 spiro atoms. The molecule has 0 radical (unpaired) electrons. The summed E-state index contributed by atoms with van der Waals surface area (Å²) in [6.45, 7) is 2.20. The Bertz CT molecular complexity index is 1660. The van der Waals surface area contributed by atoms with E-state index in [0.29, 0.717) is 0 Å². The highest BCUT2D eigenvalue weighted by Gasteiger charge is 2.22. The summed E-state index contributed by atoms with van der Waals surface area (Å²) in [5.74, 6) is 0. The van der Waals surface area contributed by atoms with Gasteiger partial charge in [0.05, 0.1) is 0 Å². The third kappa shape index (κ3) is 2.58. The van der Waals surface area contributed by atoms with Crippen molar-refractivity contribution in [3.05, 3.63) is 121 Å². The third-order valence-corrected chi connectivity index (χ3v) is 7.15. The largest absolute Gasteiger partial charge is 0.0616 e. The van der Waals surface area contributed by atoms with Gasteiger partial charge in [-0.1, -0.05) is 115 Å². The van der Waals surface area contributed by atoms with Crippen molar-refractivity contribution in [3.8, 4) is 44.5 Å². The molecule has 0 atom stereocenters. The Hall–Kier alpha value is -4.16. The summed E-state index contributed by atoms with van der Waals surface area (Å²) in [6, 6.07) is 41.5. The molecule has 0 fully saturated rings. The molecule has 2 aliphatic rings. The van der Waals surface area contributed by atoms with Gasteiger partial charge in [-0.2, -0.15) is 0 Å². The molecule has 0 unspecified atom stereocenters. The predicted molar refractivity (Wildman–Crippen MR) is 141 cm³/mol. The Balaban J connectivity index is 0.000000115. The first-order valence-corrected chi connectivity index (χ1v) is 11.5. The maximum absolute atomic E-state index is 2.24. The van der Waals surface area contributed by atoms with E-state index in [4.69, 9.17) is 0 Å². The molecule has 154 valence electrons. The van der Waals surface area contributed by atoms with Crippen LogP contribution in [0.1, 0.15) is 5.56 Å². The summed E-state index contributed by atoms with van der Waals surface area (Å²) in [4.78, 5) is 0. The van der Waals surface area contributed by atoms with E-state index in [1.807, 2.05) is 0 Å². The fourth-order valence-corrected chi connectivity index (χ4v) is 5.77. The minimum Gasteiger partial charge on any atom is -0.0616 e. The quantitative estimate of drug-likeness (QED) is 0.230. The van der Waals surface area contributed by atoms with E-state index >= 15 is 0 Å². The SMILES string of the molecule is Cc1cccc2c1-c1cccc3cccc-2c13.c1ccc2c(c1)-c1cccc3cccc-2c13. The molecule has 0 aliphatic heterocycles. The maximum Gasteiger partial charge on any atom is -0.00263 e. The van der Waals surface area contributed by atoms with Crippen LogP contribution in [0, 0.1) is 6.92 Å². The topological polar surface area (TPSA) is 0 Å². The molecular formula is C33H22. The molecule has 0 nitrogen and oxygen atoms in total. The lowest BCUT2D eigenvalue weighted by Crippen LogP contribution is -1.80. The van der Waals surface area contributed by atoms with Crippen LogP contribution in [0.25, 0.3) is 66.1 Å². The number of hydrogen-bond donors (Lipinski definition) is 0. The average molecular weight is 419 g/mol. The van der Waals surface area contributed by atoms with Gasteiger partial charge >= 0.3 is 0 Å². The van der Waals surface area contributed by atoms with Gasteiger partial charge in [0, 0.05) is 0 Å². The molecule has 0 aromatic heterocycles. The first kappa shape index (κ1) is 18.4. The van der Waals surface area contributed by atoms with Crippen molar-refractivity contribution in [2.75, 3.05) is 0 Å². The van der Waals surface area contributed by atoms with Gasteiger partial charge in [0.15, 0.2) is 0 Å². The van der Waals surface area contributed by atoms with Gasteiger partial charge in [0.25, 0.3) is 0 Å². The monoisotopic (exact) mass is 418 g/mol. The lowest BCUT2D eigenvalue weighted by Gasteiger charge is -2.04. The van der Waals surface area contributed by atoms with Crippen LogP contribution in [0.4, 0.5) is 0 Å². The minimum absolute atomic E-state index is 1.34. The first-order chi connectivity index (χ1) is 16.3. The molecule has 0 N–H and O–H groups in total. The van der Waals surface area contributed by atoms with Gasteiger partial charge in [0.1, 0.15) is 0 Å². The highest BCUT2D eigenvalue weighted by atomic mass is 14.2. The highest BCUT2D eigenvalue weighted by molar-refractivity contribution is 6.16. The van der Waals surface area contributed by atoms with Gasteiger partial charge in [-0.15, -0.1) is 0 Å². The van der Waals surface area contributed by atoms with Gasteiger partial charge in [0.2, 0.25) is 0 Å². The molecule has 6 aromatic carbocycles. The lowest BCUT2D eigenvalue weighted by molar-refractivity contribution is 1.48. The normalized spacial score (nSPS) is 11.8. The van der Waals surface area contributed by atoms with Crippen molar-refractivity contribution in [3.63, 3.8) is 0 Å². The van der Waals surface area contributed by atoms with Crippen molar-refractivity contribution in [2.45, 2.75) is 6.92 Å². The van der Waals surface area contributed by atoms with Crippen molar-refractivity contribution < 1.29 is 0 Å². The van der Waals surface area contributed by atoms with E-state index in [1.54, 1.807) is 0 Å². The molecular weight excluding hydrogens is 396 g/mol. The van der Waals surface area contributed by atoms with Crippen molar-refractivity contribution in [1.82, 2.24) is 0 Å². The average Bonchev–Trinajstić information content (AvgIpc) is 3.38. The summed E-state index contributed by atoms with van der Waals surface area (Å²) in [6.07, 6.45) is 0. The Morgan fingerprint density at radius 2 is 0.727 bits per heavy atom. The molecule has 8 rings (SSSR count). The van der Waals surface area contributed by atoms with E-state index < -0.39 is 0 Å². The van der Waals surface area contributed by atoms with Crippen molar-refractivity contribution in [2.24, 2.45) is 0 Å². The second-order valence-corrected chi connectivity index (χ2v) is 8.96. The molecule has 0 saturated carbocycles. The highest BCUT2D eigenvalue weighted by Crippen LogP contribution is 2.48. The van der Waals surface area contributed by atoms with Gasteiger partial charge in [-0.05, 0) is 78.5 Å². The number of aryl methyl sites for hydroxylation is 1. The Morgan fingerprint density at radius 1 is 0.333 bits per heavy atom. The van der Waals surface area contributed by atoms with Crippen LogP contribution in [-0.2, 0) is 0 Å². The van der Waals surface area contributed by atoms with Crippen molar-refractivity contribution >= 4 is 21.5 Å². The van der Waals surface area contributed by atoms with Crippen LogP contribution in [0.5, 0.6) is 0 Å². The zero-order valence-electron chi connectivity index (χ0n) is 18.5. The van der Waals surface area contributed by atoms with Crippen LogP contribution in [0.15, 0.2) is 115 Å². The van der Waals surface area contributed by atoms with E-state index in [2.05, 4.69) is 122 Å². The molecule has 6 aromatic rings. The van der Waals surface area contributed by atoms with Crippen LogP contribution < -0.4 is 0 Å². The Morgan fingerprint density at radius 3 is 1.30 bits per heavy atom. The third-order valence-electron chi connectivity index (χ3n) is 7.15. The number of fused-ring (bicyclic) bond motifs is 6. The Kier molecular flexibility index (Phi) is 3.86. The predicted octanol–water partition coefficient (Wildman–Crippen LogP) is 9.28. The fourth-order valence-electron chi connectivity index (χ4n) is 5.77. The van der Waals surface area contributed by atoms with Gasteiger partial charge in [-0.25, -0.2) is 0 Å². The number of hydrogen-bond acceptors (Lipinski definition) is 0. The summed E-state index contributed by atoms with van der Waals surface area (Å²) < 4.78 is 0. The lowest BCUT2D eigenvalue weighted by atomic mass is 9.99. The smallest absolute Gasteiger partial charge is 0.00263 e.